The van der Waals surface area contributed by atoms with Gasteiger partial charge in [-0.3, -0.25) is 29.0 Å². The molecule has 11 heteroatoms. The van der Waals surface area contributed by atoms with Gasteiger partial charge in [-0.25, -0.2) is 4.98 Å². The molecule has 4 rings (SSSR count). The maximum atomic E-state index is 12.6. The monoisotopic (exact) mass is 442 g/mol. The molecular weight excluding hydrogens is 424 g/mol. The lowest BCUT2D eigenvalue weighted by molar-refractivity contribution is -0.385. The molecule has 1 aliphatic rings. The van der Waals surface area contributed by atoms with Gasteiger partial charge in [0.2, 0.25) is 11.7 Å². The number of piperazine rings is 1. The van der Waals surface area contributed by atoms with Gasteiger partial charge < -0.3 is 10.2 Å². The quantitative estimate of drug-likeness (QED) is 0.475. The normalized spacial score (nSPS) is 14.5. The Hall–Kier alpha value is -3.50. The third kappa shape index (κ3) is 4.49. The zero-order valence-corrected chi connectivity index (χ0v) is 17.2. The van der Waals surface area contributed by atoms with Crippen molar-refractivity contribution in [2.45, 2.75) is 0 Å². The smallest absolute Gasteiger partial charge is 0.348 e. The van der Waals surface area contributed by atoms with Gasteiger partial charge in [-0.1, -0.05) is 17.7 Å². The van der Waals surface area contributed by atoms with E-state index in [9.17, 15) is 19.7 Å². The number of benzene rings is 1. The lowest BCUT2D eigenvalue weighted by Crippen LogP contribution is -2.49. The first-order chi connectivity index (χ1) is 14.9. The third-order valence-electron chi connectivity index (χ3n) is 5.04. The molecule has 0 saturated carbocycles. The van der Waals surface area contributed by atoms with Gasteiger partial charge in [0, 0.05) is 43.1 Å². The molecule has 10 nitrogen and oxygen atoms in total. The van der Waals surface area contributed by atoms with Crippen LogP contribution in [0, 0.1) is 10.1 Å². The zero-order valence-electron chi connectivity index (χ0n) is 16.4. The van der Waals surface area contributed by atoms with E-state index >= 15 is 0 Å². The minimum absolute atomic E-state index is 0.0615. The van der Waals surface area contributed by atoms with Gasteiger partial charge in [0.1, 0.15) is 5.65 Å². The van der Waals surface area contributed by atoms with E-state index in [4.69, 9.17) is 11.6 Å². The lowest BCUT2D eigenvalue weighted by Gasteiger charge is -2.34. The number of anilines is 2. The number of pyridine rings is 1. The third-order valence-corrected chi connectivity index (χ3v) is 5.29. The molecule has 3 aromatic rings. The van der Waals surface area contributed by atoms with Crippen LogP contribution in [-0.2, 0) is 4.79 Å². The van der Waals surface area contributed by atoms with Gasteiger partial charge in [-0.2, -0.15) is 0 Å². The second-order valence-corrected chi connectivity index (χ2v) is 7.53. The molecular formula is C20H19ClN6O4. The summed E-state index contributed by atoms with van der Waals surface area (Å²) in [5.74, 6) is -0.102. The summed E-state index contributed by atoms with van der Waals surface area (Å²) in [6, 6.07) is 11.8. The molecule has 1 saturated heterocycles. The van der Waals surface area contributed by atoms with Gasteiger partial charge in [0.15, 0.2) is 0 Å². The molecule has 1 fully saturated rings. The Kier molecular flexibility index (Phi) is 5.83. The summed E-state index contributed by atoms with van der Waals surface area (Å²) in [6.07, 6.45) is 1.46. The number of aromatic nitrogens is 2. The Morgan fingerprint density at radius 1 is 1.13 bits per heavy atom. The summed E-state index contributed by atoms with van der Waals surface area (Å²) in [6.45, 7) is 2.00. The predicted molar refractivity (Wildman–Crippen MR) is 117 cm³/mol. The summed E-state index contributed by atoms with van der Waals surface area (Å²) < 4.78 is 1.17. The Labute approximate surface area is 181 Å². The van der Waals surface area contributed by atoms with E-state index in [1.165, 1.54) is 10.6 Å². The SMILES string of the molecule is O=C(CN1CCN(c2nc3ccccn3c(=O)c2[N+](=O)[O-])CC1)Nc1ccc(Cl)cc1. The summed E-state index contributed by atoms with van der Waals surface area (Å²) in [4.78, 5) is 43.9. The number of nitro groups is 1. The number of hydrogen-bond acceptors (Lipinski definition) is 7. The van der Waals surface area contributed by atoms with Crippen LogP contribution < -0.4 is 15.8 Å². The fourth-order valence-electron chi connectivity index (χ4n) is 3.50. The van der Waals surface area contributed by atoms with Crippen LogP contribution in [0.5, 0.6) is 0 Å². The maximum absolute atomic E-state index is 12.6. The molecule has 0 aliphatic carbocycles. The van der Waals surface area contributed by atoms with E-state index < -0.39 is 16.2 Å². The second-order valence-electron chi connectivity index (χ2n) is 7.09. The van der Waals surface area contributed by atoms with E-state index in [1.807, 2.05) is 4.90 Å². The number of hydrogen-bond donors (Lipinski definition) is 1. The van der Waals surface area contributed by atoms with Crippen LogP contribution in [-0.4, -0.2) is 57.8 Å². The van der Waals surface area contributed by atoms with Gasteiger partial charge in [-0.15, -0.1) is 0 Å². The molecule has 1 aromatic carbocycles. The van der Waals surface area contributed by atoms with Crippen molar-refractivity contribution in [3.05, 3.63) is 74.2 Å². The number of rotatable bonds is 5. The highest BCUT2D eigenvalue weighted by molar-refractivity contribution is 6.30. The molecule has 2 aromatic heterocycles. The number of carbonyl (C=O) groups excluding carboxylic acids is 1. The van der Waals surface area contributed by atoms with Crippen LogP contribution in [0.4, 0.5) is 17.2 Å². The molecule has 0 spiro atoms. The zero-order chi connectivity index (χ0) is 22.0. The van der Waals surface area contributed by atoms with Crippen LogP contribution in [0.3, 0.4) is 0 Å². The van der Waals surface area contributed by atoms with Crippen molar-refractivity contribution in [2.24, 2.45) is 0 Å². The lowest BCUT2D eigenvalue weighted by atomic mass is 10.2. The highest BCUT2D eigenvalue weighted by Crippen LogP contribution is 2.24. The van der Waals surface area contributed by atoms with Crippen molar-refractivity contribution >= 4 is 40.3 Å². The average Bonchev–Trinajstić information content (AvgIpc) is 2.75. The largest absolute Gasteiger partial charge is 0.376 e. The van der Waals surface area contributed by atoms with Crippen LogP contribution >= 0.6 is 11.6 Å². The Balaban J connectivity index is 1.45. The summed E-state index contributed by atoms with van der Waals surface area (Å²) >= 11 is 5.85. The van der Waals surface area contributed by atoms with Crippen molar-refractivity contribution < 1.29 is 9.72 Å². The summed E-state index contributed by atoms with van der Waals surface area (Å²) in [7, 11) is 0. The number of nitrogens with one attached hydrogen (secondary N) is 1. The van der Waals surface area contributed by atoms with Crippen molar-refractivity contribution in [3.8, 4) is 0 Å². The molecule has 0 atom stereocenters. The first-order valence-corrected chi connectivity index (χ1v) is 9.98. The van der Waals surface area contributed by atoms with Crippen molar-refractivity contribution in [1.82, 2.24) is 14.3 Å². The van der Waals surface area contributed by atoms with Gasteiger partial charge >= 0.3 is 11.2 Å². The van der Waals surface area contributed by atoms with Crippen LogP contribution in [0.25, 0.3) is 5.65 Å². The first-order valence-electron chi connectivity index (χ1n) is 9.61. The Morgan fingerprint density at radius 2 is 1.84 bits per heavy atom. The Bertz CT molecular complexity index is 1190. The van der Waals surface area contributed by atoms with E-state index in [0.717, 1.165) is 0 Å². The molecule has 1 aliphatic heterocycles. The number of fused-ring (bicyclic) bond motifs is 1. The van der Waals surface area contributed by atoms with Crippen LogP contribution in [0.15, 0.2) is 53.5 Å². The number of halogens is 1. The van der Waals surface area contributed by atoms with E-state index in [1.54, 1.807) is 47.4 Å². The minimum Gasteiger partial charge on any atom is -0.348 e. The minimum atomic E-state index is -0.713. The van der Waals surface area contributed by atoms with Crippen molar-refractivity contribution in [3.63, 3.8) is 0 Å². The number of amides is 1. The standard InChI is InChI=1S/C20H19ClN6O4/c21-14-4-6-15(7-5-14)22-17(28)13-24-9-11-25(12-10-24)19-18(27(30)31)20(29)26-8-2-1-3-16(26)23-19/h1-8H,9-13H2,(H,22,28). The highest BCUT2D eigenvalue weighted by atomic mass is 35.5. The highest BCUT2D eigenvalue weighted by Gasteiger charge is 2.30. The Morgan fingerprint density at radius 3 is 2.52 bits per heavy atom. The number of carbonyl (C=O) groups is 1. The molecule has 160 valence electrons. The van der Waals surface area contributed by atoms with E-state index in [2.05, 4.69) is 10.3 Å². The molecule has 0 radical (unpaired) electrons. The van der Waals surface area contributed by atoms with E-state index in [0.29, 0.717) is 42.5 Å². The van der Waals surface area contributed by atoms with Crippen LogP contribution in [0.1, 0.15) is 0 Å². The predicted octanol–water partition coefficient (Wildman–Crippen LogP) is 2.02. The molecule has 1 N–H and O–H groups in total. The summed E-state index contributed by atoms with van der Waals surface area (Å²) in [5.41, 5.74) is -0.254. The fraction of sp³-hybridized carbons (Fsp3) is 0.250. The number of nitrogens with zero attached hydrogens (tertiary/aromatic N) is 5. The van der Waals surface area contributed by atoms with Crippen molar-refractivity contribution in [1.29, 1.82) is 0 Å². The molecule has 31 heavy (non-hydrogen) atoms. The summed E-state index contributed by atoms with van der Waals surface area (Å²) in [5, 5.41) is 15.0. The van der Waals surface area contributed by atoms with Crippen molar-refractivity contribution in [2.75, 3.05) is 42.9 Å². The van der Waals surface area contributed by atoms with Gasteiger partial charge in [0.25, 0.3) is 0 Å². The molecule has 0 unspecified atom stereocenters. The maximum Gasteiger partial charge on any atom is 0.376 e. The van der Waals surface area contributed by atoms with Gasteiger partial charge in [-0.05, 0) is 36.4 Å². The topological polar surface area (TPSA) is 113 Å². The van der Waals surface area contributed by atoms with E-state index in [-0.39, 0.29) is 18.3 Å². The molecule has 0 bridgehead atoms. The fourth-order valence-corrected chi connectivity index (χ4v) is 3.63. The molecule has 1 amide bonds. The van der Waals surface area contributed by atoms with Gasteiger partial charge in [0.05, 0.1) is 11.5 Å². The average molecular weight is 443 g/mol. The first kappa shape index (κ1) is 20.8. The van der Waals surface area contributed by atoms with Crippen LogP contribution in [0.2, 0.25) is 5.02 Å². The molecule has 3 heterocycles. The second kappa shape index (κ2) is 8.70.